The molecule has 1 aliphatic heterocycles. The van der Waals surface area contributed by atoms with E-state index < -0.39 is 5.41 Å². The van der Waals surface area contributed by atoms with Crippen LogP contribution < -0.4 is 0 Å². The minimum Gasteiger partial charge on any atom is -0.461 e. The summed E-state index contributed by atoms with van der Waals surface area (Å²) in [5.41, 5.74) is 2.66. The molecule has 0 saturated heterocycles. The van der Waals surface area contributed by atoms with E-state index in [2.05, 4.69) is 17.0 Å². The van der Waals surface area contributed by atoms with Crippen LogP contribution in [0.5, 0.6) is 0 Å². The van der Waals surface area contributed by atoms with Crippen molar-refractivity contribution in [3.05, 3.63) is 107 Å². The topological polar surface area (TPSA) is 40.2 Å². The second-order valence-corrected chi connectivity index (χ2v) is 8.66. The third-order valence-corrected chi connectivity index (χ3v) is 6.71. The van der Waals surface area contributed by atoms with Crippen LogP contribution in [0.3, 0.4) is 0 Å². The lowest BCUT2D eigenvalue weighted by atomic mass is 9.72. The van der Waals surface area contributed by atoms with Gasteiger partial charge in [-0.25, -0.2) is 8.78 Å². The van der Waals surface area contributed by atoms with Gasteiger partial charge in [-0.15, -0.1) is 12.4 Å². The largest absolute Gasteiger partial charge is 0.461 e. The first-order valence-electron chi connectivity index (χ1n) is 11.2. The molecule has 0 radical (unpaired) electrons. The molecule has 0 fully saturated rings. The molecule has 0 amide bonds. The molecule has 0 bridgehead atoms. The fourth-order valence-electron chi connectivity index (χ4n) is 4.95. The SMILES string of the molecule is Cl.N#CC(CCCN1CCc2oc3ccccc3c2C1)(c1ccc(F)cc1)c1ccc(F)cc1. The van der Waals surface area contributed by atoms with Crippen molar-refractivity contribution < 1.29 is 13.2 Å². The summed E-state index contributed by atoms with van der Waals surface area (Å²) in [5.74, 6) is 0.374. The molecular weight excluding hydrogens is 454 g/mol. The summed E-state index contributed by atoms with van der Waals surface area (Å²) < 4.78 is 33.2. The summed E-state index contributed by atoms with van der Waals surface area (Å²) >= 11 is 0. The average molecular weight is 479 g/mol. The lowest BCUT2D eigenvalue weighted by Crippen LogP contribution is -2.33. The van der Waals surface area contributed by atoms with Gasteiger partial charge in [-0.05, 0) is 60.8 Å². The standard InChI is InChI=1S/C28H24F2N2O.ClH/c29-22-10-6-20(7-11-22)28(19-31,21-8-12-23(30)13-9-21)15-3-16-32-17-14-27-25(18-32)24-4-1-2-5-26(24)33-27;/h1-2,4-13H,3,14-18H2;1H. The van der Waals surface area contributed by atoms with E-state index in [0.717, 1.165) is 54.9 Å². The van der Waals surface area contributed by atoms with Gasteiger partial charge in [-0.1, -0.05) is 42.5 Å². The van der Waals surface area contributed by atoms with Crippen LogP contribution in [-0.2, 0) is 18.4 Å². The molecule has 4 aromatic rings. The maximum absolute atomic E-state index is 13.6. The van der Waals surface area contributed by atoms with E-state index in [1.54, 1.807) is 24.3 Å². The number of fused-ring (bicyclic) bond motifs is 3. The first-order valence-corrected chi connectivity index (χ1v) is 11.2. The Morgan fingerprint density at radius 2 is 1.53 bits per heavy atom. The molecule has 3 nitrogen and oxygen atoms in total. The second-order valence-electron chi connectivity index (χ2n) is 8.66. The van der Waals surface area contributed by atoms with Crippen molar-refractivity contribution in [3.8, 4) is 6.07 Å². The Balaban J connectivity index is 0.00000274. The van der Waals surface area contributed by atoms with Gasteiger partial charge in [0.05, 0.1) is 6.07 Å². The summed E-state index contributed by atoms with van der Waals surface area (Å²) in [6, 6.07) is 22.7. The molecule has 1 aromatic heterocycles. The molecule has 1 aliphatic rings. The predicted molar refractivity (Wildman–Crippen MR) is 131 cm³/mol. The molecule has 0 spiro atoms. The fourth-order valence-corrected chi connectivity index (χ4v) is 4.95. The zero-order valence-corrected chi connectivity index (χ0v) is 19.5. The molecule has 174 valence electrons. The van der Waals surface area contributed by atoms with Crippen LogP contribution in [0.15, 0.2) is 77.2 Å². The van der Waals surface area contributed by atoms with Crippen LogP contribution in [-0.4, -0.2) is 18.0 Å². The number of benzene rings is 3. The van der Waals surface area contributed by atoms with Crippen LogP contribution in [0.2, 0.25) is 0 Å². The van der Waals surface area contributed by atoms with Gasteiger partial charge >= 0.3 is 0 Å². The van der Waals surface area contributed by atoms with Crippen molar-refractivity contribution in [2.45, 2.75) is 31.2 Å². The summed E-state index contributed by atoms with van der Waals surface area (Å²) in [4.78, 5) is 2.39. The second kappa shape index (κ2) is 9.97. The average Bonchev–Trinajstić information content (AvgIpc) is 3.21. The zero-order valence-electron chi connectivity index (χ0n) is 18.6. The highest BCUT2D eigenvalue weighted by Crippen LogP contribution is 2.37. The Bertz CT molecular complexity index is 1260. The summed E-state index contributed by atoms with van der Waals surface area (Å²) in [6.07, 6.45) is 2.19. The highest BCUT2D eigenvalue weighted by atomic mass is 35.5. The molecule has 0 atom stereocenters. The minimum atomic E-state index is -0.968. The number of hydrogen-bond donors (Lipinski definition) is 0. The Hall–Kier alpha value is -3.20. The van der Waals surface area contributed by atoms with E-state index in [1.807, 2.05) is 18.2 Å². The van der Waals surface area contributed by atoms with E-state index in [9.17, 15) is 14.0 Å². The van der Waals surface area contributed by atoms with Crippen LogP contribution in [0, 0.1) is 23.0 Å². The number of nitrogens with zero attached hydrogens (tertiary/aromatic N) is 2. The van der Waals surface area contributed by atoms with Crippen molar-refractivity contribution in [3.63, 3.8) is 0 Å². The summed E-state index contributed by atoms with van der Waals surface area (Å²) in [7, 11) is 0. The lowest BCUT2D eigenvalue weighted by Gasteiger charge is -2.31. The van der Waals surface area contributed by atoms with Gasteiger partial charge in [0.2, 0.25) is 0 Å². The first kappa shape index (κ1) is 23.9. The van der Waals surface area contributed by atoms with E-state index in [0.29, 0.717) is 6.42 Å². The molecule has 0 saturated carbocycles. The van der Waals surface area contributed by atoms with Crippen molar-refractivity contribution in [1.29, 1.82) is 5.26 Å². The smallest absolute Gasteiger partial charge is 0.134 e. The maximum Gasteiger partial charge on any atom is 0.134 e. The third-order valence-electron chi connectivity index (χ3n) is 6.71. The van der Waals surface area contributed by atoms with Crippen molar-refractivity contribution in [2.24, 2.45) is 0 Å². The molecular formula is C28H25ClF2N2O. The van der Waals surface area contributed by atoms with Gasteiger partial charge < -0.3 is 4.42 Å². The Morgan fingerprint density at radius 3 is 2.15 bits per heavy atom. The summed E-state index contributed by atoms with van der Waals surface area (Å²) in [5, 5.41) is 11.5. The first-order chi connectivity index (χ1) is 16.1. The van der Waals surface area contributed by atoms with Crippen LogP contribution in [0.4, 0.5) is 8.78 Å². The normalized spacial score (nSPS) is 13.8. The Morgan fingerprint density at radius 1 is 0.912 bits per heavy atom. The van der Waals surface area contributed by atoms with E-state index in [1.165, 1.54) is 35.2 Å². The molecule has 3 aromatic carbocycles. The van der Waals surface area contributed by atoms with Crippen LogP contribution >= 0.6 is 12.4 Å². The molecule has 34 heavy (non-hydrogen) atoms. The van der Waals surface area contributed by atoms with Gasteiger partial charge in [-0.3, -0.25) is 4.90 Å². The predicted octanol–water partition coefficient (Wildman–Crippen LogP) is 6.78. The van der Waals surface area contributed by atoms with Gasteiger partial charge in [0.25, 0.3) is 0 Å². The Kier molecular flexibility index (Phi) is 7.02. The van der Waals surface area contributed by atoms with Gasteiger partial charge in [-0.2, -0.15) is 5.26 Å². The third kappa shape index (κ3) is 4.44. The number of halogens is 3. The minimum absolute atomic E-state index is 0. The zero-order chi connectivity index (χ0) is 22.8. The van der Waals surface area contributed by atoms with Gasteiger partial charge in [0, 0.05) is 30.5 Å². The number of rotatable bonds is 6. The number of furan rings is 1. The molecule has 5 rings (SSSR count). The van der Waals surface area contributed by atoms with Crippen molar-refractivity contribution in [2.75, 3.05) is 13.1 Å². The highest BCUT2D eigenvalue weighted by Gasteiger charge is 2.34. The van der Waals surface area contributed by atoms with Crippen LogP contribution in [0.25, 0.3) is 11.0 Å². The lowest BCUT2D eigenvalue weighted by molar-refractivity contribution is 0.235. The quantitative estimate of drug-likeness (QED) is 0.306. The van der Waals surface area contributed by atoms with Gasteiger partial charge in [0.1, 0.15) is 28.4 Å². The number of nitriles is 1. The Labute approximate surface area is 204 Å². The number of hydrogen-bond acceptors (Lipinski definition) is 3. The maximum atomic E-state index is 13.6. The van der Waals surface area contributed by atoms with E-state index in [4.69, 9.17) is 4.42 Å². The van der Waals surface area contributed by atoms with Gasteiger partial charge in [0.15, 0.2) is 0 Å². The van der Waals surface area contributed by atoms with E-state index >= 15 is 0 Å². The molecule has 0 aliphatic carbocycles. The monoisotopic (exact) mass is 478 g/mol. The molecule has 0 N–H and O–H groups in total. The van der Waals surface area contributed by atoms with Crippen molar-refractivity contribution in [1.82, 2.24) is 4.90 Å². The molecule has 2 heterocycles. The summed E-state index contributed by atoms with van der Waals surface area (Å²) in [6.45, 7) is 2.54. The van der Waals surface area contributed by atoms with Crippen molar-refractivity contribution >= 4 is 23.4 Å². The molecule has 0 unspecified atom stereocenters. The van der Waals surface area contributed by atoms with E-state index in [-0.39, 0.29) is 24.0 Å². The number of para-hydroxylation sites is 1. The highest BCUT2D eigenvalue weighted by molar-refractivity contribution is 5.85. The van der Waals surface area contributed by atoms with Crippen LogP contribution in [0.1, 0.15) is 35.3 Å². The molecule has 6 heteroatoms. The fraction of sp³-hybridized carbons (Fsp3) is 0.250.